The van der Waals surface area contributed by atoms with Crippen LogP contribution in [-0.4, -0.2) is 92.5 Å². The van der Waals surface area contributed by atoms with E-state index in [0.717, 1.165) is 11.3 Å². The second-order valence-corrected chi connectivity index (χ2v) is 16.3. The zero-order chi connectivity index (χ0) is 32.6. The van der Waals surface area contributed by atoms with Crippen molar-refractivity contribution in [3.63, 3.8) is 0 Å². The SMILES string of the molecule is CN1C(=O)C2CC3C(=O)N(C4CCCC(N5C(=O)C6CC7C(=O)N(CC8CC9CCC8C9)C(=O)C7CC6C5=O)C4)C(=O)C3CC2C1=O. The van der Waals surface area contributed by atoms with Gasteiger partial charge in [0.25, 0.3) is 0 Å². The van der Waals surface area contributed by atoms with Gasteiger partial charge in [-0.25, -0.2) is 0 Å². The van der Waals surface area contributed by atoms with Gasteiger partial charge in [-0.2, -0.15) is 0 Å². The van der Waals surface area contributed by atoms with Gasteiger partial charge in [0.05, 0.1) is 47.3 Å². The summed E-state index contributed by atoms with van der Waals surface area (Å²) in [4.78, 5) is 113. The minimum Gasteiger partial charge on any atom is -0.285 e. The highest BCUT2D eigenvalue weighted by atomic mass is 16.2. The van der Waals surface area contributed by atoms with Crippen LogP contribution in [0.1, 0.15) is 77.0 Å². The number of likely N-dealkylation sites (tertiary alicyclic amines) is 4. The Morgan fingerprint density at radius 1 is 0.468 bits per heavy atom. The number of hydrogen-bond acceptors (Lipinski definition) is 8. The molecule has 250 valence electrons. The minimum atomic E-state index is -0.636. The Labute approximate surface area is 272 Å². The number of carbonyl (C=O) groups excluding carboxylic acids is 8. The molecule has 13 atom stereocenters. The quantitative estimate of drug-likeness (QED) is 0.416. The highest BCUT2D eigenvalue weighted by Gasteiger charge is 2.63. The number of hydrogen-bond donors (Lipinski definition) is 0. The Morgan fingerprint density at radius 2 is 0.894 bits per heavy atom. The molecular weight excluding hydrogens is 604 g/mol. The van der Waals surface area contributed by atoms with E-state index in [2.05, 4.69) is 0 Å². The molecule has 0 spiro atoms. The Hall–Kier alpha value is -3.44. The summed E-state index contributed by atoms with van der Waals surface area (Å²) in [5.74, 6) is -5.27. The molecule has 13 unspecified atom stereocenters. The average molecular weight is 647 g/mol. The highest BCUT2D eigenvalue weighted by Crippen LogP contribution is 2.53. The van der Waals surface area contributed by atoms with Crippen LogP contribution in [0.4, 0.5) is 0 Å². The van der Waals surface area contributed by atoms with Crippen molar-refractivity contribution in [1.82, 2.24) is 19.6 Å². The molecule has 4 aliphatic heterocycles. The number of nitrogens with zero attached hydrogens (tertiary/aromatic N) is 4. The van der Waals surface area contributed by atoms with E-state index in [1.807, 2.05) is 0 Å². The molecule has 4 heterocycles. The lowest BCUT2D eigenvalue weighted by atomic mass is 9.70. The normalized spacial score (nSPS) is 45.9. The number of fused-ring (bicyclic) bond motifs is 6. The molecule has 0 aromatic carbocycles. The monoisotopic (exact) mass is 646 g/mol. The third-order valence-electron chi connectivity index (χ3n) is 14.3. The van der Waals surface area contributed by atoms with Crippen LogP contribution in [0, 0.1) is 65.1 Å². The van der Waals surface area contributed by atoms with E-state index in [4.69, 9.17) is 0 Å². The summed E-state index contributed by atoms with van der Waals surface area (Å²) in [6.07, 6.45) is 7.54. The molecule has 5 saturated carbocycles. The maximum atomic E-state index is 13.9. The van der Waals surface area contributed by atoms with Crippen molar-refractivity contribution in [2.45, 2.75) is 89.1 Å². The zero-order valence-corrected chi connectivity index (χ0v) is 26.8. The van der Waals surface area contributed by atoms with E-state index in [9.17, 15) is 38.4 Å². The van der Waals surface area contributed by atoms with Crippen molar-refractivity contribution in [2.75, 3.05) is 13.6 Å². The maximum Gasteiger partial charge on any atom is 0.233 e. The molecular formula is C35H42N4O8. The van der Waals surface area contributed by atoms with Crippen LogP contribution >= 0.6 is 0 Å². The number of rotatable bonds is 4. The lowest BCUT2D eigenvalue weighted by Crippen LogP contribution is -2.50. The van der Waals surface area contributed by atoms with Gasteiger partial charge in [-0.3, -0.25) is 58.0 Å². The van der Waals surface area contributed by atoms with Crippen molar-refractivity contribution in [3.05, 3.63) is 0 Å². The number of amides is 8. The summed E-state index contributed by atoms with van der Waals surface area (Å²) < 4.78 is 0. The van der Waals surface area contributed by atoms with Crippen molar-refractivity contribution in [3.8, 4) is 0 Å². The summed E-state index contributed by atoms with van der Waals surface area (Å²) in [6.45, 7) is 0.472. The standard InChI is InChI=1S/C35H42N4O8/c1-36-28(40)20-10-24-25(11-21(20)29(36)41)33(45)38(32(24)44)18-3-2-4-19(9-18)39-34(46)26-12-22-23(13-27(26)35(39)47)31(43)37(30(22)42)14-17-8-15-5-6-16(17)7-15/h15-27H,2-14H2,1H3. The van der Waals surface area contributed by atoms with E-state index in [1.165, 1.54) is 41.0 Å². The largest absolute Gasteiger partial charge is 0.285 e. The fraction of sp³-hybridized carbons (Fsp3) is 0.771. The van der Waals surface area contributed by atoms with Gasteiger partial charge in [0.2, 0.25) is 47.3 Å². The van der Waals surface area contributed by atoms with E-state index in [-0.39, 0.29) is 72.9 Å². The lowest BCUT2D eigenvalue weighted by Gasteiger charge is -2.38. The number of carbonyl (C=O) groups is 8. The minimum absolute atomic E-state index is 0.177. The lowest BCUT2D eigenvalue weighted by molar-refractivity contribution is -0.146. The van der Waals surface area contributed by atoms with Crippen LogP contribution in [-0.2, 0) is 38.4 Å². The van der Waals surface area contributed by atoms with Crippen LogP contribution in [0.15, 0.2) is 0 Å². The van der Waals surface area contributed by atoms with Gasteiger partial charge >= 0.3 is 0 Å². The second kappa shape index (κ2) is 10.3. The third-order valence-corrected chi connectivity index (χ3v) is 14.3. The van der Waals surface area contributed by atoms with Gasteiger partial charge in [-0.1, -0.05) is 6.42 Å². The van der Waals surface area contributed by atoms with Crippen molar-refractivity contribution < 1.29 is 38.4 Å². The first-order valence-corrected chi connectivity index (χ1v) is 17.9. The molecule has 12 nitrogen and oxygen atoms in total. The molecule has 9 fully saturated rings. The molecule has 5 aliphatic carbocycles. The highest BCUT2D eigenvalue weighted by molar-refractivity contribution is 6.11. The summed E-state index contributed by atoms with van der Waals surface area (Å²) in [6, 6.07) is -0.947. The summed E-state index contributed by atoms with van der Waals surface area (Å²) in [5.41, 5.74) is 0. The summed E-state index contributed by atoms with van der Waals surface area (Å²) >= 11 is 0. The van der Waals surface area contributed by atoms with E-state index < -0.39 is 59.4 Å². The van der Waals surface area contributed by atoms with Crippen LogP contribution in [0.2, 0.25) is 0 Å². The van der Waals surface area contributed by atoms with E-state index >= 15 is 0 Å². The molecule has 9 rings (SSSR count). The smallest absolute Gasteiger partial charge is 0.233 e. The molecule has 12 heteroatoms. The zero-order valence-electron chi connectivity index (χ0n) is 26.8. The van der Waals surface area contributed by atoms with Crippen molar-refractivity contribution in [2.24, 2.45) is 65.1 Å². The van der Waals surface area contributed by atoms with Crippen LogP contribution in [0.5, 0.6) is 0 Å². The first-order valence-electron chi connectivity index (χ1n) is 17.9. The van der Waals surface area contributed by atoms with E-state index in [1.54, 1.807) is 0 Å². The molecule has 47 heavy (non-hydrogen) atoms. The number of imide groups is 4. The Morgan fingerprint density at radius 3 is 1.30 bits per heavy atom. The van der Waals surface area contributed by atoms with E-state index in [0.29, 0.717) is 50.0 Å². The van der Waals surface area contributed by atoms with Gasteiger partial charge < -0.3 is 0 Å². The van der Waals surface area contributed by atoms with Gasteiger partial charge in [0.1, 0.15) is 0 Å². The van der Waals surface area contributed by atoms with Crippen molar-refractivity contribution in [1.29, 1.82) is 0 Å². The Kier molecular flexibility index (Phi) is 6.49. The van der Waals surface area contributed by atoms with Gasteiger partial charge in [-0.05, 0) is 88.4 Å². The van der Waals surface area contributed by atoms with Gasteiger partial charge in [0, 0.05) is 25.7 Å². The molecule has 9 aliphatic rings. The first kappa shape index (κ1) is 29.7. The molecule has 0 radical (unpaired) electrons. The molecule has 0 N–H and O–H groups in total. The molecule has 8 amide bonds. The van der Waals surface area contributed by atoms with Crippen LogP contribution in [0.3, 0.4) is 0 Å². The topological polar surface area (TPSA) is 150 Å². The van der Waals surface area contributed by atoms with Crippen molar-refractivity contribution >= 4 is 47.3 Å². The fourth-order valence-corrected chi connectivity index (χ4v) is 12.0. The predicted molar refractivity (Wildman–Crippen MR) is 160 cm³/mol. The van der Waals surface area contributed by atoms with Crippen LogP contribution in [0.25, 0.3) is 0 Å². The predicted octanol–water partition coefficient (Wildman–Crippen LogP) is 1.36. The second-order valence-electron chi connectivity index (χ2n) is 16.3. The van der Waals surface area contributed by atoms with Gasteiger partial charge in [0.15, 0.2) is 0 Å². The Bertz CT molecular complexity index is 1460. The Balaban J connectivity index is 0.884. The summed E-state index contributed by atoms with van der Waals surface area (Å²) in [7, 11) is 1.45. The van der Waals surface area contributed by atoms with Crippen LogP contribution < -0.4 is 0 Å². The first-order chi connectivity index (χ1) is 22.5. The summed E-state index contributed by atoms with van der Waals surface area (Å²) in [5, 5.41) is 0. The fourth-order valence-electron chi connectivity index (χ4n) is 12.0. The van der Waals surface area contributed by atoms with Gasteiger partial charge in [-0.15, -0.1) is 0 Å². The molecule has 0 aromatic rings. The molecule has 0 aromatic heterocycles. The third kappa shape index (κ3) is 4.05. The molecule has 4 saturated heterocycles. The molecule has 2 bridgehead atoms. The maximum absolute atomic E-state index is 13.9. The average Bonchev–Trinajstić information content (AvgIpc) is 3.88.